The molecule has 0 unspecified atom stereocenters. The van der Waals surface area contributed by atoms with Crippen LogP contribution in [-0.2, 0) is 0 Å². The Morgan fingerprint density at radius 2 is 1.95 bits per heavy atom. The summed E-state index contributed by atoms with van der Waals surface area (Å²) in [5.41, 5.74) is 0.378. The fraction of sp³-hybridized carbons (Fsp3) is 0.188. The second-order valence-electron chi connectivity index (χ2n) is 4.83. The Labute approximate surface area is 137 Å². The minimum atomic E-state index is -0.274. The van der Waals surface area contributed by atoms with Gasteiger partial charge in [0.15, 0.2) is 11.5 Å². The van der Waals surface area contributed by atoms with Gasteiger partial charge in [0.1, 0.15) is 12.7 Å². The highest BCUT2D eigenvalue weighted by molar-refractivity contribution is 6.36. The van der Waals surface area contributed by atoms with E-state index in [-0.39, 0.29) is 12.0 Å². The number of hydrogen-bond acceptors (Lipinski definition) is 3. The molecular formula is C16H13Cl2NO3. The van der Waals surface area contributed by atoms with Gasteiger partial charge in [-0.05, 0) is 30.3 Å². The van der Waals surface area contributed by atoms with Crippen LogP contribution in [0.1, 0.15) is 10.4 Å². The van der Waals surface area contributed by atoms with Crippen molar-refractivity contribution in [2.75, 3.05) is 13.2 Å². The molecule has 0 aliphatic carbocycles. The number of fused-ring (bicyclic) bond motifs is 1. The van der Waals surface area contributed by atoms with Gasteiger partial charge in [-0.2, -0.15) is 0 Å². The predicted octanol–water partition coefficient (Wildman–Crippen LogP) is 3.56. The van der Waals surface area contributed by atoms with Crippen LogP contribution in [0.5, 0.6) is 11.5 Å². The first kappa shape index (κ1) is 15.0. The number of carbonyl (C=O) groups excluding carboxylic acids is 1. The highest BCUT2D eigenvalue weighted by Gasteiger charge is 2.21. The Bertz CT molecular complexity index is 706. The third-order valence-corrected chi connectivity index (χ3v) is 3.78. The number of nitrogens with one attached hydrogen (secondary N) is 1. The van der Waals surface area contributed by atoms with Crippen molar-refractivity contribution in [2.24, 2.45) is 0 Å². The number of para-hydroxylation sites is 2. The van der Waals surface area contributed by atoms with Crippen molar-refractivity contribution >= 4 is 29.1 Å². The molecule has 3 rings (SSSR count). The lowest BCUT2D eigenvalue weighted by Gasteiger charge is -2.26. The Morgan fingerprint density at radius 3 is 2.73 bits per heavy atom. The van der Waals surface area contributed by atoms with Gasteiger partial charge in [-0.1, -0.05) is 35.3 Å². The molecule has 22 heavy (non-hydrogen) atoms. The fourth-order valence-corrected chi connectivity index (χ4v) is 2.63. The lowest BCUT2D eigenvalue weighted by atomic mass is 10.2. The molecular weight excluding hydrogens is 325 g/mol. The predicted molar refractivity (Wildman–Crippen MR) is 85.1 cm³/mol. The average Bonchev–Trinajstić information content (AvgIpc) is 2.52. The fourth-order valence-electron chi connectivity index (χ4n) is 2.14. The normalized spacial score (nSPS) is 16.2. The van der Waals surface area contributed by atoms with Gasteiger partial charge in [-0.25, -0.2) is 0 Å². The van der Waals surface area contributed by atoms with Gasteiger partial charge in [0.05, 0.1) is 17.1 Å². The molecule has 114 valence electrons. The number of hydrogen-bond donors (Lipinski definition) is 1. The lowest BCUT2D eigenvalue weighted by Crippen LogP contribution is -2.40. The number of carbonyl (C=O) groups is 1. The zero-order chi connectivity index (χ0) is 15.5. The second kappa shape index (κ2) is 6.46. The zero-order valence-electron chi connectivity index (χ0n) is 11.5. The number of halogens is 2. The van der Waals surface area contributed by atoms with Crippen LogP contribution in [0, 0.1) is 0 Å². The molecule has 0 saturated carbocycles. The van der Waals surface area contributed by atoms with E-state index >= 15 is 0 Å². The van der Waals surface area contributed by atoms with Gasteiger partial charge in [0.25, 0.3) is 5.91 Å². The monoisotopic (exact) mass is 337 g/mol. The summed E-state index contributed by atoms with van der Waals surface area (Å²) in [6.45, 7) is 0.706. The van der Waals surface area contributed by atoms with E-state index in [9.17, 15) is 4.79 Å². The molecule has 1 heterocycles. The van der Waals surface area contributed by atoms with Gasteiger partial charge < -0.3 is 14.8 Å². The van der Waals surface area contributed by atoms with Crippen molar-refractivity contribution < 1.29 is 14.3 Å². The Hall–Kier alpha value is -1.91. The van der Waals surface area contributed by atoms with Crippen molar-refractivity contribution in [2.45, 2.75) is 6.10 Å². The largest absolute Gasteiger partial charge is 0.486 e. The summed E-state index contributed by atoms with van der Waals surface area (Å²) in [5, 5.41) is 3.59. The number of rotatable bonds is 3. The molecule has 1 amide bonds. The lowest BCUT2D eigenvalue weighted by molar-refractivity contribution is 0.0789. The quantitative estimate of drug-likeness (QED) is 0.931. The summed E-state index contributed by atoms with van der Waals surface area (Å²) < 4.78 is 11.4. The van der Waals surface area contributed by atoms with E-state index in [1.165, 1.54) is 6.07 Å². The molecule has 0 radical (unpaired) electrons. The van der Waals surface area contributed by atoms with Gasteiger partial charge in [0, 0.05) is 5.02 Å². The smallest absolute Gasteiger partial charge is 0.252 e. The zero-order valence-corrected chi connectivity index (χ0v) is 13.0. The van der Waals surface area contributed by atoms with Crippen LogP contribution in [0.2, 0.25) is 10.0 Å². The van der Waals surface area contributed by atoms with Crippen molar-refractivity contribution in [3.8, 4) is 11.5 Å². The van der Waals surface area contributed by atoms with Crippen molar-refractivity contribution in [1.29, 1.82) is 0 Å². The van der Waals surface area contributed by atoms with Gasteiger partial charge in [-0.15, -0.1) is 0 Å². The van der Waals surface area contributed by atoms with Crippen LogP contribution in [0.25, 0.3) is 0 Å². The minimum absolute atomic E-state index is 0.245. The van der Waals surface area contributed by atoms with E-state index in [1.807, 2.05) is 24.3 Å². The van der Waals surface area contributed by atoms with E-state index in [4.69, 9.17) is 32.7 Å². The van der Waals surface area contributed by atoms with Gasteiger partial charge >= 0.3 is 0 Å². The molecule has 0 fully saturated rings. The molecule has 2 aromatic rings. The maximum absolute atomic E-state index is 12.1. The summed E-state index contributed by atoms with van der Waals surface area (Å²) in [4.78, 5) is 12.1. The number of ether oxygens (including phenoxy) is 2. The molecule has 1 aliphatic heterocycles. The standard InChI is InChI=1S/C16H13Cl2NO3/c17-10-5-6-12(13(18)7-10)16(20)19-8-11-9-21-14-3-1-2-4-15(14)22-11/h1-7,11H,8-9H2,(H,19,20)/t11-/m1/s1. The third kappa shape index (κ3) is 3.29. The SMILES string of the molecule is O=C(NC[C@@H]1COc2ccccc2O1)c1ccc(Cl)cc1Cl. The highest BCUT2D eigenvalue weighted by atomic mass is 35.5. The molecule has 1 atom stereocenters. The summed E-state index contributed by atoms with van der Waals surface area (Å²) in [5.74, 6) is 1.12. The first-order chi connectivity index (χ1) is 10.6. The number of amides is 1. The maximum atomic E-state index is 12.1. The molecule has 1 aliphatic rings. The molecule has 2 aromatic carbocycles. The average molecular weight is 338 g/mol. The molecule has 0 spiro atoms. The van der Waals surface area contributed by atoms with Crippen molar-refractivity contribution in [3.63, 3.8) is 0 Å². The molecule has 0 saturated heterocycles. The van der Waals surface area contributed by atoms with E-state index in [0.717, 1.165) is 0 Å². The van der Waals surface area contributed by atoms with E-state index in [1.54, 1.807) is 12.1 Å². The van der Waals surface area contributed by atoms with Crippen LogP contribution in [0.3, 0.4) is 0 Å². The summed E-state index contributed by atoms with van der Waals surface area (Å²) in [7, 11) is 0. The van der Waals surface area contributed by atoms with Crippen LogP contribution in [-0.4, -0.2) is 25.2 Å². The minimum Gasteiger partial charge on any atom is -0.486 e. The maximum Gasteiger partial charge on any atom is 0.252 e. The van der Waals surface area contributed by atoms with Gasteiger partial charge in [0.2, 0.25) is 0 Å². The van der Waals surface area contributed by atoms with Crippen LogP contribution >= 0.6 is 23.2 Å². The van der Waals surface area contributed by atoms with E-state index < -0.39 is 0 Å². The topological polar surface area (TPSA) is 47.6 Å². The van der Waals surface area contributed by atoms with E-state index in [2.05, 4.69) is 5.32 Å². The Kier molecular flexibility index (Phi) is 4.41. The first-order valence-electron chi connectivity index (χ1n) is 6.75. The molecule has 4 nitrogen and oxygen atoms in total. The van der Waals surface area contributed by atoms with Crippen LogP contribution in [0.4, 0.5) is 0 Å². The van der Waals surface area contributed by atoms with Crippen molar-refractivity contribution in [1.82, 2.24) is 5.32 Å². The summed E-state index contributed by atoms with van der Waals surface area (Å²) in [6.07, 6.45) is -0.245. The molecule has 0 aromatic heterocycles. The highest BCUT2D eigenvalue weighted by Crippen LogP contribution is 2.30. The third-order valence-electron chi connectivity index (χ3n) is 3.23. The first-order valence-corrected chi connectivity index (χ1v) is 7.51. The molecule has 1 N–H and O–H groups in total. The molecule has 6 heteroatoms. The number of benzene rings is 2. The van der Waals surface area contributed by atoms with E-state index in [0.29, 0.717) is 40.3 Å². The van der Waals surface area contributed by atoms with Crippen molar-refractivity contribution in [3.05, 3.63) is 58.1 Å². The molecule has 0 bridgehead atoms. The van der Waals surface area contributed by atoms with Gasteiger partial charge in [-0.3, -0.25) is 4.79 Å². The summed E-state index contributed by atoms with van der Waals surface area (Å²) >= 11 is 11.8. The van der Waals surface area contributed by atoms with Crippen LogP contribution in [0.15, 0.2) is 42.5 Å². The summed E-state index contributed by atoms with van der Waals surface area (Å²) in [6, 6.07) is 12.2. The Morgan fingerprint density at radius 1 is 1.18 bits per heavy atom. The Balaban J connectivity index is 1.60. The second-order valence-corrected chi connectivity index (χ2v) is 5.68. The van der Waals surface area contributed by atoms with Crippen LogP contribution < -0.4 is 14.8 Å².